The maximum Gasteiger partial charge on any atom is 0.433 e. The van der Waals surface area contributed by atoms with Crippen molar-refractivity contribution in [2.75, 3.05) is 0 Å². The van der Waals surface area contributed by atoms with Crippen LogP contribution in [0.1, 0.15) is 16.8 Å². The van der Waals surface area contributed by atoms with Crippen molar-refractivity contribution in [1.29, 1.82) is 0 Å². The molecule has 0 saturated heterocycles. The monoisotopic (exact) mass is 345 g/mol. The maximum absolute atomic E-state index is 13.0. The SMILES string of the molecule is Cc1cc(-c2cc3nccc(C(F)(F)F)n3n2)ccc1C(F)(F)F. The van der Waals surface area contributed by atoms with Gasteiger partial charge in [-0.1, -0.05) is 6.07 Å². The Balaban J connectivity index is 2.13. The van der Waals surface area contributed by atoms with E-state index in [1.165, 1.54) is 25.1 Å². The molecule has 2 heterocycles. The number of aryl methyl sites for hydroxylation is 1. The molecule has 0 spiro atoms. The minimum atomic E-state index is -4.62. The summed E-state index contributed by atoms with van der Waals surface area (Å²) in [7, 11) is 0. The third-order valence-electron chi connectivity index (χ3n) is 3.48. The molecule has 0 aliphatic carbocycles. The van der Waals surface area contributed by atoms with Crippen LogP contribution in [0.2, 0.25) is 0 Å². The van der Waals surface area contributed by atoms with E-state index < -0.39 is 23.6 Å². The van der Waals surface area contributed by atoms with Gasteiger partial charge in [-0.25, -0.2) is 9.50 Å². The molecule has 3 nitrogen and oxygen atoms in total. The van der Waals surface area contributed by atoms with E-state index in [1.54, 1.807) is 0 Å². The Morgan fingerprint density at radius 1 is 0.917 bits per heavy atom. The van der Waals surface area contributed by atoms with E-state index >= 15 is 0 Å². The Bertz CT molecular complexity index is 908. The number of alkyl halides is 6. The lowest BCUT2D eigenvalue weighted by Gasteiger charge is -2.10. The van der Waals surface area contributed by atoms with Crippen LogP contribution in [0.4, 0.5) is 26.3 Å². The zero-order valence-electron chi connectivity index (χ0n) is 12.1. The fourth-order valence-corrected chi connectivity index (χ4v) is 2.39. The van der Waals surface area contributed by atoms with Crippen molar-refractivity contribution in [2.24, 2.45) is 0 Å². The molecule has 0 bridgehead atoms. The van der Waals surface area contributed by atoms with E-state index in [4.69, 9.17) is 0 Å². The highest BCUT2D eigenvalue weighted by atomic mass is 19.4. The molecule has 1 aromatic carbocycles. The molecule has 24 heavy (non-hydrogen) atoms. The summed E-state index contributed by atoms with van der Waals surface area (Å²) in [5, 5.41) is 3.84. The van der Waals surface area contributed by atoms with Crippen molar-refractivity contribution >= 4 is 5.65 Å². The van der Waals surface area contributed by atoms with E-state index in [2.05, 4.69) is 10.1 Å². The van der Waals surface area contributed by atoms with Crippen molar-refractivity contribution in [3.63, 3.8) is 0 Å². The first-order valence-corrected chi connectivity index (χ1v) is 6.67. The molecule has 0 amide bonds. The quantitative estimate of drug-likeness (QED) is 0.596. The van der Waals surface area contributed by atoms with Crippen molar-refractivity contribution in [2.45, 2.75) is 19.3 Å². The van der Waals surface area contributed by atoms with Crippen molar-refractivity contribution in [3.8, 4) is 11.3 Å². The molecular formula is C15H9F6N3. The van der Waals surface area contributed by atoms with Gasteiger partial charge in [0.05, 0.1) is 11.3 Å². The number of fused-ring (bicyclic) bond motifs is 1. The van der Waals surface area contributed by atoms with Crippen LogP contribution in [-0.4, -0.2) is 14.6 Å². The minimum absolute atomic E-state index is 0.0407. The van der Waals surface area contributed by atoms with Gasteiger partial charge < -0.3 is 0 Å². The van der Waals surface area contributed by atoms with Gasteiger partial charge in [0.15, 0.2) is 5.65 Å². The zero-order chi connectivity index (χ0) is 17.7. The molecule has 3 rings (SSSR count). The lowest BCUT2D eigenvalue weighted by Crippen LogP contribution is -2.12. The lowest BCUT2D eigenvalue weighted by atomic mass is 10.0. The first-order valence-electron chi connectivity index (χ1n) is 6.67. The van der Waals surface area contributed by atoms with Gasteiger partial charge in [0.25, 0.3) is 0 Å². The first-order chi connectivity index (χ1) is 11.1. The fourth-order valence-electron chi connectivity index (χ4n) is 2.39. The summed E-state index contributed by atoms with van der Waals surface area (Å²) in [5.74, 6) is 0. The van der Waals surface area contributed by atoms with Crippen LogP contribution in [0.5, 0.6) is 0 Å². The Morgan fingerprint density at radius 3 is 2.21 bits per heavy atom. The molecule has 0 fully saturated rings. The van der Waals surface area contributed by atoms with Gasteiger partial charge in [-0.15, -0.1) is 0 Å². The molecule has 126 valence electrons. The lowest BCUT2D eigenvalue weighted by molar-refractivity contribution is -0.142. The fraction of sp³-hybridized carbons (Fsp3) is 0.200. The van der Waals surface area contributed by atoms with E-state index in [1.807, 2.05) is 0 Å². The molecule has 0 unspecified atom stereocenters. The third kappa shape index (κ3) is 2.81. The number of rotatable bonds is 1. The molecule has 0 aliphatic rings. The van der Waals surface area contributed by atoms with Crippen LogP contribution < -0.4 is 0 Å². The molecular weight excluding hydrogens is 336 g/mol. The molecule has 0 saturated carbocycles. The topological polar surface area (TPSA) is 30.2 Å². The minimum Gasteiger partial charge on any atom is -0.237 e. The number of aromatic nitrogens is 3. The molecule has 0 N–H and O–H groups in total. The van der Waals surface area contributed by atoms with Crippen LogP contribution in [0, 0.1) is 6.92 Å². The third-order valence-corrected chi connectivity index (χ3v) is 3.48. The second-order valence-corrected chi connectivity index (χ2v) is 5.15. The second-order valence-electron chi connectivity index (χ2n) is 5.15. The van der Waals surface area contributed by atoms with Gasteiger partial charge in [-0.3, -0.25) is 0 Å². The molecule has 2 aromatic heterocycles. The first kappa shape index (κ1) is 16.3. The van der Waals surface area contributed by atoms with Crippen LogP contribution >= 0.6 is 0 Å². The van der Waals surface area contributed by atoms with Crippen LogP contribution in [0.25, 0.3) is 16.9 Å². The van der Waals surface area contributed by atoms with Gasteiger partial charge >= 0.3 is 12.4 Å². The smallest absolute Gasteiger partial charge is 0.237 e. The van der Waals surface area contributed by atoms with Gasteiger partial charge in [0.2, 0.25) is 0 Å². The van der Waals surface area contributed by atoms with E-state index in [0.717, 1.165) is 18.3 Å². The molecule has 0 aliphatic heterocycles. The maximum atomic E-state index is 13.0. The summed E-state index contributed by atoms with van der Waals surface area (Å²) in [4.78, 5) is 3.80. The van der Waals surface area contributed by atoms with Crippen molar-refractivity contribution in [1.82, 2.24) is 14.6 Å². The van der Waals surface area contributed by atoms with Crippen LogP contribution in [-0.2, 0) is 12.4 Å². The van der Waals surface area contributed by atoms with E-state index in [-0.39, 0.29) is 22.5 Å². The number of hydrogen-bond acceptors (Lipinski definition) is 2. The van der Waals surface area contributed by atoms with Gasteiger partial charge in [-0.2, -0.15) is 31.4 Å². The molecule has 3 aromatic rings. The van der Waals surface area contributed by atoms with E-state index in [0.29, 0.717) is 4.52 Å². The average molecular weight is 345 g/mol. The van der Waals surface area contributed by atoms with Gasteiger partial charge in [0, 0.05) is 17.8 Å². The predicted molar refractivity (Wildman–Crippen MR) is 73.2 cm³/mol. The standard InChI is InChI=1S/C15H9F6N3/c1-8-6-9(2-3-10(8)14(16,17)18)11-7-13-22-5-4-12(15(19,20)21)24(13)23-11/h2-7H,1H3. The summed E-state index contributed by atoms with van der Waals surface area (Å²) < 4.78 is 77.9. The summed E-state index contributed by atoms with van der Waals surface area (Å²) in [6, 6.07) is 5.36. The molecule has 9 heteroatoms. The van der Waals surface area contributed by atoms with Crippen LogP contribution in [0.3, 0.4) is 0 Å². The van der Waals surface area contributed by atoms with Gasteiger partial charge in [0.1, 0.15) is 5.69 Å². The van der Waals surface area contributed by atoms with Gasteiger partial charge in [-0.05, 0) is 30.7 Å². The van der Waals surface area contributed by atoms with Crippen molar-refractivity contribution < 1.29 is 26.3 Å². The van der Waals surface area contributed by atoms with E-state index in [9.17, 15) is 26.3 Å². The number of hydrogen-bond donors (Lipinski definition) is 0. The number of nitrogens with zero attached hydrogens (tertiary/aromatic N) is 3. The predicted octanol–water partition coefficient (Wildman–Crippen LogP) is 4.74. The highest BCUT2D eigenvalue weighted by Crippen LogP contribution is 2.34. The Labute approximate surface area is 131 Å². The Morgan fingerprint density at radius 2 is 1.62 bits per heavy atom. The Kier molecular flexibility index (Phi) is 3.54. The number of halogens is 6. The van der Waals surface area contributed by atoms with Crippen molar-refractivity contribution in [3.05, 3.63) is 53.3 Å². The summed E-state index contributed by atoms with van der Waals surface area (Å²) in [5.41, 5.74) is -1.51. The summed E-state index contributed by atoms with van der Waals surface area (Å²) in [6.45, 7) is 1.28. The zero-order valence-corrected chi connectivity index (χ0v) is 12.1. The molecule has 0 radical (unpaired) electrons. The number of benzene rings is 1. The average Bonchev–Trinajstić information content (AvgIpc) is 2.88. The largest absolute Gasteiger partial charge is 0.433 e. The van der Waals surface area contributed by atoms with Crippen LogP contribution in [0.15, 0.2) is 36.5 Å². The summed E-state index contributed by atoms with van der Waals surface area (Å²) in [6.07, 6.45) is -8.12. The summed E-state index contributed by atoms with van der Waals surface area (Å²) >= 11 is 0. The normalized spacial score (nSPS) is 12.8. The Hall–Kier alpha value is -2.58. The molecule has 0 atom stereocenters. The second kappa shape index (κ2) is 5.22. The highest BCUT2D eigenvalue weighted by Gasteiger charge is 2.35. The highest BCUT2D eigenvalue weighted by molar-refractivity contribution is 5.65.